The number of amides is 1. The van der Waals surface area contributed by atoms with Crippen LogP contribution in [0.3, 0.4) is 0 Å². The highest BCUT2D eigenvalue weighted by atomic mass is 19.1. The Bertz CT molecular complexity index is 830. The lowest BCUT2D eigenvalue weighted by Crippen LogP contribution is -2.41. The largest absolute Gasteiger partial charge is 0.396 e. The van der Waals surface area contributed by atoms with Crippen molar-refractivity contribution >= 4 is 5.91 Å². The van der Waals surface area contributed by atoms with E-state index in [9.17, 15) is 14.3 Å². The quantitative estimate of drug-likeness (QED) is 0.677. The van der Waals surface area contributed by atoms with Crippen LogP contribution in [-0.4, -0.2) is 40.0 Å². The first-order chi connectivity index (χ1) is 13.3. The summed E-state index contributed by atoms with van der Waals surface area (Å²) >= 11 is 0. The van der Waals surface area contributed by atoms with E-state index in [1.807, 2.05) is 20.9 Å². The predicted molar refractivity (Wildman–Crippen MR) is 105 cm³/mol. The van der Waals surface area contributed by atoms with Crippen LogP contribution in [0.15, 0.2) is 24.3 Å². The van der Waals surface area contributed by atoms with Gasteiger partial charge in [0.1, 0.15) is 5.82 Å². The van der Waals surface area contributed by atoms with Crippen LogP contribution in [0.2, 0.25) is 0 Å². The molecule has 28 heavy (non-hydrogen) atoms. The van der Waals surface area contributed by atoms with Crippen LogP contribution in [0.25, 0.3) is 0 Å². The van der Waals surface area contributed by atoms with E-state index in [0.717, 1.165) is 42.6 Å². The second kappa shape index (κ2) is 8.41. The van der Waals surface area contributed by atoms with E-state index in [1.54, 1.807) is 16.8 Å². The van der Waals surface area contributed by atoms with Gasteiger partial charge in [-0.05, 0) is 37.0 Å². The van der Waals surface area contributed by atoms with Gasteiger partial charge in [-0.15, -0.1) is 0 Å². The van der Waals surface area contributed by atoms with Gasteiger partial charge in [0.25, 0.3) is 5.91 Å². The molecule has 7 heteroatoms. The number of nitrogens with zero attached hydrogens (tertiary/aromatic N) is 2. The zero-order valence-corrected chi connectivity index (χ0v) is 16.8. The van der Waals surface area contributed by atoms with Crippen molar-refractivity contribution in [2.24, 2.45) is 12.5 Å². The molecule has 1 atom stereocenters. The number of aliphatic hydroxyl groups is 1. The Morgan fingerprint density at radius 2 is 2.07 bits per heavy atom. The van der Waals surface area contributed by atoms with E-state index in [-0.39, 0.29) is 29.8 Å². The van der Waals surface area contributed by atoms with Crippen LogP contribution in [0.1, 0.15) is 47.6 Å². The molecule has 1 aliphatic carbocycles. The maximum absolute atomic E-state index is 13.0. The number of rotatable bonds is 7. The Hall–Kier alpha value is -2.25. The minimum atomic E-state index is -0.295. The number of aromatic nitrogens is 2. The highest BCUT2D eigenvalue weighted by Crippen LogP contribution is 2.25. The molecule has 1 aliphatic rings. The lowest BCUT2D eigenvalue weighted by atomic mass is 9.89. The summed E-state index contributed by atoms with van der Waals surface area (Å²) < 4.78 is 14.8. The van der Waals surface area contributed by atoms with Crippen molar-refractivity contribution in [2.75, 3.05) is 13.2 Å². The minimum Gasteiger partial charge on any atom is -0.396 e. The van der Waals surface area contributed by atoms with Crippen molar-refractivity contribution in [3.8, 4) is 0 Å². The molecule has 3 N–H and O–H groups in total. The minimum absolute atomic E-state index is 0.127. The molecule has 0 aliphatic heterocycles. The van der Waals surface area contributed by atoms with Crippen molar-refractivity contribution < 1.29 is 14.3 Å². The summed E-state index contributed by atoms with van der Waals surface area (Å²) in [7, 11) is 1.87. The number of nitrogens with one attached hydrogen (secondary N) is 2. The van der Waals surface area contributed by atoms with Crippen LogP contribution < -0.4 is 10.6 Å². The molecule has 1 heterocycles. The zero-order valence-electron chi connectivity index (χ0n) is 16.8. The molecule has 0 spiro atoms. The Labute approximate surface area is 165 Å². The lowest BCUT2D eigenvalue weighted by molar-refractivity contribution is 0.0944. The number of fused-ring (bicyclic) bond motifs is 1. The number of hydrogen-bond donors (Lipinski definition) is 3. The third kappa shape index (κ3) is 4.77. The Kier molecular flexibility index (Phi) is 6.15. The number of benzene rings is 1. The SMILES string of the molecule is Cn1nc(C(=O)NCc2ccc(F)cc2)c2c1CCC(NCC(C)(C)CO)C2. The molecular weight excluding hydrogens is 359 g/mol. The molecule has 3 rings (SSSR count). The fraction of sp³-hybridized carbons (Fsp3) is 0.524. The van der Waals surface area contributed by atoms with E-state index in [1.165, 1.54) is 12.1 Å². The van der Waals surface area contributed by atoms with E-state index in [0.29, 0.717) is 12.2 Å². The summed E-state index contributed by atoms with van der Waals surface area (Å²) in [5.74, 6) is -0.505. The highest BCUT2D eigenvalue weighted by Gasteiger charge is 2.29. The van der Waals surface area contributed by atoms with Gasteiger partial charge >= 0.3 is 0 Å². The molecule has 1 unspecified atom stereocenters. The summed E-state index contributed by atoms with van der Waals surface area (Å²) in [5, 5.41) is 20.3. The lowest BCUT2D eigenvalue weighted by Gasteiger charge is -2.29. The molecule has 2 aromatic rings. The first-order valence-corrected chi connectivity index (χ1v) is 9.71. The first kappa shape index (κ1) is 20.5. The van der Waals surface area contributed by atoms with Gasteiger partial charge in [0.15, 0.2) is 5.69 Å². The van der Waals surface area contributed by atoms with Crippen molar-refractivity contribution in [1.29, 1.82) is 0 Å². The van der Waals surface area contributed by atoms with Crippen LogP contribution >= 0.6 is 0 Å². The van der Waals surface area contributed by atoms with Gasteiger partial charge in [-0.25, -0.2) is 4.39 Å². The van der Waals surface area contributed by atoms with Crippen molar-refractivity contribution in [1.82, 2.24) is 20.4 Å². The first-order valence-electron chi connectivity index (χ1n) is 9.71. The van der Waals surface area contributed by atoms with Crippen molar-refractivity contribution in [3.05, 3.63) is 52.6 Å². The second-order valence-electron chi connectivity index (χ2n) is 8.35. The smallest absolute Gasteiger partial charge is 0.272 e. The normalized spacial score (nSPS) is 16.7. The maximum atomic E-state index is 13.0. The number of hydrogen-bond acceptors (Lipinski definition) is 4. The van der Waals surface area contributed by atoms with Crippen LogP contribution in [0.5, 0.6) is 0 Å². The number of aryl methyl sites for hydroxylation is 1. The fourth-order valence-corrected chi connectivity index (χ4v) is 3.49. The molecular formula is C21H29FN4O2. The highest BCUT2D eigenvalue weighted by molar-refractivity contribution is 5.94. The van der Waals surface area contributed by atoms with Gasteiger partial charge < -0.3 is 15.7 Å². The average Bonchev–Trinajstić information content (AvgIpc) is 3.02. The molecule has 0 saturated carbocycles. The summed E-state index contributed by atoms with van der Waals surface area (Å²) in [5.41, 5.74) is 3.22. The number of carbonyl (C=O) groups is 1. The zero-order chi connectivity index (χ0) is 20.3. The van der Waals surface area contributed by atoms with E-state index in [4.69, 9.17) is 0 Å². The summed E-state index contributed by atoms with van der Waals surface area (Å²) in [6, 6.07) is 6.34. The second-order valence-corrected chi connectivity index (χ2v) is 8.35. The molecule has 0 bridgehead atoms. The topological polar surface area (TPSA) is 79.2 Å². The molecule has 0 radical (unpaired) electrons. The molecule has 152 valence electrons. The molecule has 0 fully saturated rings. The molecule has 1 aromatic heterocycles. The Balaban J connectivity index is 1.67. The molecule has 1 aromatic carbocycles. The van der Waals surface area contributed by atoms with Crippen LogP contribution in [-0.2, 0) is 26.4 Å². The number of aliphatic hydroxyl groups excluding tert-OH is 1. The van der Waals surface area contributed by atoms with Gasteiger partial charge in [0.2, 0.25) is 0 Å². The number of halogens is 1. The molecule has 6 nitrogen and oxygen atoms in total. The van der Waals surface area contributed by atoms with Crippen molar-refractivity contribution in [2.45, 2.75) is 45.7 Å². The third-order valence-electron chi connectivity index (χ3n) is 5.33. The summed E-state index contributed by atoms with van der Waals surface area (Å²) in [4.78, 5) is 12.7. The Morgan fingerprint density at radius 1 is 1.36 bits per heavy atom. The maximum Gasteiger partial charge on any atom is 0.272 e. The van der Waals surface area contributed by atoms with Crippen molar-refractivity contribution in [3.63, 3.8) is 0 Å². The van der Waals surface area contributed by atoms with Gasteiger partial charge in [0.05, 0.1) is 0 Å². The van der Waals surface area contributed by atoms with Crippen LogP contribution in [0, 0.1) is 11.2 Å². The van der Waals surface area contributed by atoms with Crippen LogP contribution in [0.4, 0.5) is 4.39 Å². The fourth-order valence-electron chi connectivity index (χ4n) is 3.49. The summed E-state index contributed by atoms with van der Waals surface area (Å²) in [6.07, 6.45) is 2.58. The van der Waals surface area contributed by atoms with E-state index >= 15 is 0 Å². The monoisotopic (exact) mass is 388 g/mol. The number of carbonyl (C=O) groups excluding carboxylic acids is 1. The van der Waals surface area contributed by atoms with Gasteiger partial charge in [0, 0.05) is 49.5 Å². The van der Waals surface area contributed by atoms with Gasteiger partial charge in [-0.2, -0.15) is 5.10 Å². The van der Waals surface area contributed by atoms with Gasteiger partial charge in [-0.3, -0.25) is 9.48 Å². The summed E-state index contributed by atoms with van der Waals surface area (Å²) in [6.45, 7) is 5.22. The predicted octanol–water partition coefficient (Wildman–Crippen LogP) is 1.95. The van der Waals surface area contributed by atoms with E-state index in [2.05, 4.69) is 15.7 Å². The Morgan fingerprint density at radius 3 is 2.75 bits per heavy atom. The standard InChI is InChI=1S/C21H29FN4O2/c1-21(2,13-27)12-24-16-8-9-18-17(10-16)19(25-26(18)3)20(28)23-11-14-4-6-15(22)7-5-14/h4-7,16,24,27H,8-13H2,1-3H3,(H,23,28). The molecule has 0 saturated heterocycles. The average molecular weight is 388 g/mol. The van der Waals surface area contributed by atoms with Gasteiger partial charge in [-0.1, -0.05) is 26.0 Å². The third-order valence-corrected chi connectivity index (χ3v) is 5.33. The van der Waals surface area contributed by atoms with E-state index < -0.39 is 0 Å². The molecule has 1 amide bonds.